The van der Waals surface area contributed by atoms with Gasteiger partial charge in [0.1, 0.15) is 36.4 Å². The molecular weight excluding hydrogens is 593 g/mol. The van der Waals surface area contributed by atoms with Crippen molar-refractivity contribution in [1.82, 2.24) is 14.8 Å². The van der Waals surface area contributed by atoms with Crippen LogP contribution in [0.15, 0.2) is 65.5 Å². The van der Waals surface area contributed by atoms with Crippen molar-refractivity contribution >= 4 is 11.8 Å². The van der Waals surface area contributed by atoms with Gasteiger partial charge in [-0.1, -0.05) is 42.5 Å². The van der Waals surface area contributed by atoms with Gasteiger partial charge in [0.25, 0.3) is 0 Å². The number of nitrogens with one attached hydrogen (secondary N) is 2. The molecule has 4 rings (SSSR count). The summed E-state index contributed by atoms with van der Waals surface area (Å²) < 4.78 is 72.0. The fourth-order valence-electron chi connectivity index (χ4n) is 4.15. The lowest BCUT2D eigenvalue weighted by atomic mass is 9.89. The SMILES string of the molecule is COc1ccccc1-n1nc(C(Cc2ccc(C(=N)N)cc2)c2cc(C)cc(OCCF)c2F)[nH]c1=O.O=C(O)C(F)(F)F. The largest absolute Gasteiger partial charge is 0.494 e. The first-order valence-corrected chi connectivity index (χ1v) is 12.8. The van der Waals surface area contributed by atoms with Crippen LogP contribution in [0.2, 0.25) is 0 Å². The van der Waals surface area contributed by atoms with Crippen molar-refractivity contribution in [2.45, 2.75) is 25.4 Å². The second kappa shape index (κ2) is 14.3. The van der Waals surface area contributed by atoms with E-state index in [-0.39, 0.29) is 36.0 Å². The number of nitrogens with zero attached hydrogens (tertiary/aromatic N) is 2. The van der Waals surface area contributed by atoms with Gasteiger partial charge in [-0.15, -0.1) is 5.10 Å². The Balaban J connectivity index is 0.000000676. The molecule has 15 heteroatoms. The lowest BCUT2D eigenvalue weighted by Crippen LogP contribution is -2.21. The van der Waals surface area contributed by atoms with Crippen molar-refractivity contribution in [3.63, 3.8) is 0 Å². The maximum absolute atomic E-state index is 15.7. The standard InChI is InChI=1S/C27H27F2N5O3.C2HF3O2/c1-16-13-19(24(29)23(14-16)37-12-11-28)20(15-17-7-9-18(10-8-17)25(30)31)26-32-27(35)34(33-26)21-5-3-4-6-22(21)36-2;3-2(4,5)1(6)7/h3-10,13-14,20H,11-12,15H2,1-2H3,(H3,30,31)(H,32,33,35);(H,6,7). The normalized spacial score (nSPS) is 11.7. The summed E-state index contributed by atoms with van der Waals surface area (Å²) in [5.41, 5.74) is 7.78. The zero-order valence-electron chi connectivity index (χ0n) is 23.4. The molecule has 0 saturated heterocycles. The minimum atomic E-state index is -5.08. The number of hydrogen-bond donors (Lipinski definition) is 4. The number of benzene rings is 3. The van der Waals surface area contributed by atoms with E-state index in [0.29, 0.717) is 22.6 Å². The fourth-order valence-corrected chi connectivity index (χ4v) is 4.15. The Hall–Kier alpha value is -5.21. The average Bonchev–Trinajstić information content (AvgIpc) is 3.37. The third-order valence-corrected chi connectivity index (χ3v) is 6.15. The molecule has 0 aliphatic rings. The van der Waals surface area contributed by atoms with Gasteiger partial charge < -0.3 is 20.3 Å². The molecule has 0 bridgehead atoms. The first-order valence-electron chi connectivity index (χ1n) is 12.8. The molecule has 5 N–H and O–H groups in total. The molecule has 0 amide bonds. The smallest absolute Gasteiger partial charge is 0.490 e. The van der Waals surface area contributed by atoms with Gasteiger partial charge >= 0.3 is 17.8 Å². The molecule has 0 aliphatic carbocycles. The van der Waals surface area contributed by atoms with Crippen LogP contribution in [0.1, 0.15) is 34.0 Å². The number of H-pyrrole nitrogens is 1. The molecule has 0 fully saturated rings. The number of carboxylic acid groups (broad SMARTS) is 1. The zero-order chi connectivity index (χ0) is 32.6. The van der Waals surface area contributed by atoms with Crippen molar-refractivity contribution in [3.8, 4) is 17.2 Å². The second-order valence-electron chi connectivity index (χ2n) is 9.27. The summed E-state index contributed by atoms with van der Waals surface area (Å²) in [6.07, 6.45) is -4.82. The van der Waals surface area contributed by atoms with Gasteiger partial charge in [0.15, 0.2) is 11.6 Å². The summed E-state index contributed by atoms with van der Waals surface area (Å²) in [5, 5.41) is 19.3. The summed E-state index contributed by atoms with van der Waals surface area (Å²) in [6, 6.07) is 17.1. The number of aromatic nitrogens is 3. The van der Waals surface area contributed by atoms with Crippen LogP contribution >= 0.6 is 0 Å². The van der Waals surface area contributed by atoms with Crippen LogP contribution in [0.3, 0.4) is 0 Å². The molecule has 10 nitrogen and oxygen atoms in total. The molecule has 1 aromatic heterocycles. The number of carbonyl (C=O) groups is 1. The Labute approximate surface area is 247 Å². The van der Waals surface area contributed by atoms with Crippen LogP contribution in [-0.2, 0) is 11.2 Å². The Morgan fingerprint density at radius 1 is 1.14 bits per heavy atom. The fraction of sp³-hybridized carbons (Fsp3) is 0.241. The molecule has 0 saturated carbocycles. The number of aromatic amines is 1. The molecular formula is C29H28F5N5O5. The van der Waals surface area contributed by atoms with Crippen molar-refractivity contribution in [1.29, 1.82) is 5.41 Å². The highest BCUT2D eigenvalue weighted by atomic mass is 19.4. The van der Waals surface area contributed by atoms with Crippen LogP contribution in [-0.4, -0.2) is 58.2 Å². The summed E-state index contributed by atoms with van der Waals surface area (Å²) in [5.74, 6) is -3.60. The number of aliphatic carboxylic acids is 1. The molecule has 1 unspecified atom stereocenters. The van der Waals surface area contributed by atoms with Crippen LogP contribution < -0.4 is 20.9 Å². The molecule has 234 valence electrons. The van der Waals surface area contributed by atoms with Crippen LogP contribution in [0.4, 0.5) is 22.0 Å². The predicted octanol–water partition coefficient (Wildman–Crippen LogP) is 4.66. The summed E-state index contributed by atoms with van der Waals surface area (Å²) in [7, 11) is 1.49. The minimum absolute atomic E-state index is 0.0673. The zero-order valence-corrected chi connectivity index (χ0v) is 23.4. The Bertz CT molecular complexity index is 1670. The number of methoxy groups -OCH3 is 1. The summed E-state index contributed by atoms with van der Waals surface area (Å²) >= 11 is 0. The van der Waals surface area contributed by atoms with Crippen molar-refractivity contribution < 1.29 is 41.3 Å². The number of alkyl halides is 4. The quantitative estimate of drug-likeness (QED) is 0.114. The number of amidine groups is 1. The number of rotatable bonds is 10. The van der Waals surface area contributed by atoms with E-state index >= 15 is 4.39 Å². The highest BCUT2D eigenvalue weighted by Crippen LogP contribution is 2.34. The maximum atomic E-state index is 15.7. The third-order valence-electron chi connectivity index (χ3n) is 6.15. The van der Waals surface area contributed by atoms with E-state index in [0.717, 1.165) is 5.56 Å². The average molecular weight is 622 g/mol. The van der Waals surface area contributed by atoms with Gasteiger partial charge in [0.2, 0.25) is 0 Å². The number of ether oxygens (including phenoxy) is 2. The predicted molar refractivity (Wildman–Crippen MR) is 150 cm³/mol. The van der Waals surface area contributed by atoms with E-state index in [1.807, 2.05) is 0 Å². The second-order valence-corrected chi connectivity index (χ2v) is 9.27. The number of hydrogen-bond acceptors (Lipinski definition) is 6. The molecule has 44 heavy (non-hydrogen) atoms. The highest BCUT2D eigenvalue weighted by Gasteiger charge is 2.38. The van der Waals surface area contributed by atoms with Crippen LogP contribution in [0, 0.1) is 18.2 Å². The van der Waals surface area contributed by atoms with Crippen molar-refractivity contribution in [3.05, 3.63) is 105 Å². The van der Waals surface area contributed by atoms with Gasteiger partial charge in [-0.3, -0.25) is 10.4 Å². The number of nitrogen functional groups attached to an aromatic ring is 1. The lowest BCUT2D eigenvalue weighted by Gasteiger charge is -2.19. The highest BCUT2D eigenvalue weighted by molar-refractivity contribution is 5.94. The Morgan fingerprint density at radius 3 is 2.34 bits per heavy atom. The van der Waals surface area contributed by atoms with Crippen LogP contribution in [0.25, 0.3) is 5.69 Å². The Kier molecular flexibility index (Phi) is 10.8. The first-order chi connectivity index (χ1) is 20.8. The van der Waals surface area contributed by atoms with Crippen molar-refractivity contribution in [2.24, 2.45) is 5.73 Å². The van der Waals surface area contributed by atoms with Gasteiger partial charge in [-0.05, 0) is 42.7 Å². The molecule has 4 aromatic rings. The first kappa shape index (κ1) is 33.3. The monoisotopic (exact) mass is 621 g/mol. The molecule has 0 spiro atoms. The van der Waals surface area contributed by atoms with Crippen molar-refractivity contribution in [2.75, 3.05) is 20.4 Å². The number of para-hydroxylation sites is 2. The van der Waals surface area contributed by atoms with E-state index in [9.17, 15) is 22.4 Å². The van der Waals surface area contributed by atoms with E-state index < -0.39 is 36.2 Å². The summed E-state index contributed by atoms with van der Waals surface area (Å²) in [6.45, 7) is 0.738. The summed E-state index contributed by atoms with van der Waals surface area (Å²) in [4.78, 5) is 24.6. The van der Waals surface area contributed by atoms with Gasteiger partial charge in [-0.2, -0.15) is 17.9 Å². The van der Waals surface area contributed by atoms with E-state index in [4.69, 9.17) is 30.5 Å². The van der Waals surface area contributed by atoms with E-state index in [1.165, 1.54) is 17.9 Å². The minimum Gasteiger partial charge on any atom is -0.494 e. The number of halogens is 5. The van der Waals surface area contributed by atoms with Crippen LogP contribution in [0.5, 0.6) is 11.5 Å². The Morgan fingerprint density at radius 2 is 1.77 bits per heavy atom. The number of carboxylic acids is 1. The van der Waals surface area contributed by atoms with Gasteiger partial charge in [-0.25, -0.2) is 18.4 Å². The van der Waals surface area contributed by atoms with Gasteiger partial charge in [0.05, 0.1) is 13.0 Å². The van der Waals surface area contributed by atoms with Gasteiger partial charge in [0, 0.05) is 11.1 Å². The third kappa shape index (κ3) is 8.20. The lowest BCUT2D eigenvalue weighted by molar-refractivity contribution is -0.192. The van der Waals surface area contributed by atoms with E-state index in [1.54, 1.807) is 61.5 Å². The molecule has 1 heterocycles. The molecule has 0 aliphatic heterocycles. The molecule has 0 radical (unpaired) electrons. The molecule has 1 atom stereocenters. The maximum Gasteiger partial charge on any atom is 0.490 e. The van der Waals surface area contributed by atoms with E-state index in [2.05, 4.69) is 10.1 Å². The number of nitrogens with two attached hydrogens (primary N) is 1. The topological polar surface area (TPSA) is 156 Å². The molecule has 3 aromatic carbocycles. The number of aryl methyl sites for hydroxylation is 1.